The van der Waals surface area contributed by atoms with Crippen LogP contribution in [0.25, 0.3) is 0 Å². The SMILES string of the molecule is CCCCCCCCCCCCc1ccc(S(=O)(=O)[O-])c(S(=O)(=O)c2ccc(N)cc2)c1C(C)C.CCCCCCCCCCCCc1ccc(S(=O)(=O)[O-])cc1.[O]=[Ti+2]. The van der Waals surface area contributed by atoms with Gasteiger partial charge < -0.3 is 14.8 Å². The van der Waals surface area contributed by atoms with Gasteiger partial charge in [-0.15, -0.1) is 0 Å². The molecule has 0 aromatic heterocycles. The van der Waals surface area contributed by atoms with Crippen molar-refractivity contribution in [1.82, 2.24) is 0 Å². The molecule has 0 unspecified atom stereocenters. The molecule has 14 heteroatoms. The third kappa shape index (κ3) is 21.4. The Labute approximate surface area is 369 Å². The predicted octanol–water partition coefficient (Wildman–Crippen LogP) is 11.5. The summed E-state index contributed by atoms with van der Waals surface area (Å²) in [5.74, 6) is -0.284. The van der Waals surface area contributed by atoms with Crippen LogP contribution in [0.15, 0.2) is 80.2 Å². The number of rotatable bonds is 27. The zero-order chi connectivity index (χ0) is 44.3. The first kappa shape index (κ1) is 54.8. The molecule has 0 saturated carbocycles. The molecule has 3 aromatic rings. The Morgan fingerprint density at radius 1 is 0.508 bits per heavy atom. The molecular formula is C45H69NO9S3Ti. The molecule has 59 heavy (non-hydrogen) atoms. The maximum atomic E-state index is 13.6. The van der Waals surface area contributed by atoms with Gasteiger partial charge in [0.15, 0.2) is 0 Å². The molecule has 0 heterocycles. The second kappa shape index (κ2) is 29.9. The second-order valence-electron chi connectivity index (χ2n) is 15.6. The molecule has 10 nitrogen and oxygen atoms in total. The van der Waals surface area contributed by atoms with E-state index in [1.165, 1.54) is 139 Å². The van der Waals surface area contributed by atoms with Gasteiger partial charge in [-0.1, -0.05) is 161 Å². The van der Waals surface area contributed by atoms with Gasteiger partial charge in [-0.2, -0.15) is 0 Å². The molecule has 0 aliphatic carbocycles. The van der Waals surface area contributed by atoms with Gasteiger partial charge in [-0.25, -0.2) is 25.3 Å². The number of hydrogen-bond donors (Lipinski definition) is 1. The van der Waals surface area contributed by atoms with E-state index in [0.29, 0.717) is 17.7 Å². The van der Waals surface area contributed by atoms with E-state index in [1.807, 2.05) is 13.8 Å². The van der Waals surface area contributed by atoms with E-state index in [0.717, 1.165) is 69.7 Å². The Balaban J connectivity index is 0.000000623. The van der Waals surface area contributed by atoms with Crippen LogP contribution in [-0.4, -0.2) is 34.4 Å². The van der Waals surface area contributed by atoms with Crippen LogP contribution in [0.3, 0.4) is 0 Å². The van der Waals surface area contributed by atoms with Crippen LogP contribution in [0.1, 0.15) is 179 Å². The van der Waals surface area contributed by atoms with Crippen molar-refractivity contribution >= 4 is 35.8 Å². The van der Waals surface area contributed by atoms with E-state index in [-0.39, 0.29) is 15.7 Å². The standard InChI is InChI=1S/C27H41NO5S2.C18H30O3S.O.Ti/c1-4-5-6-7-8-9-10-11-12-13-14-22-15-20-25(35(31,32)33)27(26(22)21(2)3)34(29,30)24-18-16-23(28)17-19-24;1-2-3-4-5-6-7-8-9-10-11-12-17-13-15-18(16-14-17)22(19,20)21;;/h15-21H,4-14,28H2,1-3H3,(H,31,32,33);13-16H,2-12H2,1H3,(H,19,20,21);;/q;;;+2/p-2. The summed E-state index contributed by atoms with van der Waals surface area (Å²) in [6.07, 6.45) is 26.6. The molecule has 0 amide bonds. The first-order valence-electron chi connectivity index (χ1n) is 21.5. The number of benzene rings is 3. The molecule has 3 aromatic carbocycles. The summed E-state index contributed by atoms with van der Waals surface area (Å²) in [4.78, 5) is -1.31. The Morgan fingerprint density at radius 2 is 0.898 bits per heavy atom. The van der Waals surface area contributed by atoms with E-state index in [2.05, 4.69) is 13.8 Å². The van der Waals surface area contributed by atoms with Crippen molar-refractivity contribution in [1.29, 1.82) is 0 Å². The Morgan fingerprint density at radius 3 is 1.29 bits per heavy atom. The second-order valence-corrected chi connectivity index (χ2v) is 20.2. The summed E-state index contributed by atoms with van der Waals surface area (Å²) in [7, 11) is -13.6. The van der Waals surface area contributed by atoms with E-state index in [9.17, 15) is 34.4 Å². The van der Waals surface area contributed by atoms with Gasteiger partial charge >= 0.3 is 23.7 Å². The molecule has 0 aliphatic heterocycles. The van der Waals surface area contributed by atoms with Gasteiger partial charge in [0, 0.05) is 5.69 Å². The van der Waals surface area contributed by atoms with E-state index in [4.69, 9.17) is 9.06 Å². The third-order valence-electron chi connectivity index (χ3n) is 10.4. The zero-order valence-electron chi connectivity index (χ0n) is 35.9. The van der Waals surface area contributed by atoms with Crippen molar-refractivity contribution in [3.63, 3.8) is 0 Å². The van der Waals surface area contributed by atoms with Crippen molar-refractivity contribution in [2.45, 2.75) is 194 Å². The van der Waals surface area contributed by atoms with Gasteiger partial charge in [0.1, 0.15) is 20.2 Å². The zero-order valence-corrected chi connectivity index (χ0v) is 39.9. The Hall–Kier alpha value is -2.26. The molecule has 0 atom stereocenters. The Bertz CT molecular complexity index is 1940. The third-order valence-corrected chi connectivity index (χ3v) is 14.1. The fraction of sp³-hybridized carbons (Fsp3) is 0.600. The van der Waals surface area contributed by atoms with Crippen LogP contribution in [-0.2, 0) is 66.6 Å². The number of nitrogen functional groups attached to an aromatic ring is 1. The Kier molecular flexibility index (Phi) is 27.8. The van der Waals surface area contributed by atoms with Crippen LogP contribution in [0, 0.1) is 0 Å². The summed E-state index contributed by atoms with van der Waals surface area (Å²) in [5.41, 5.74) is 8.38. The molecule has 330 valence electrons. The molecule has 3 rings (SSSR count). The summed E-state index contributed by atoms with van der Waals surface area (Å²) in [6.45, 7) is 8.10. The van der Waals surface area contributed by atoms with Crippen molar-refractivity contribution in [3.05, 3.63) is 77.4 Å². The molecule has 2 N–H and O–H groups in total. The first-order valence-corrected chi connectivity index (χ1v) is 26.4. The monoisotopic (exact) mass is 911 g/mol. The van der Waals surface area contributed by atoms with E-state index < -0.39 is 39.9 Å². The topological polar surface area (TPSA) is 192 Å². The van der Waals surface area contributed by atoms with Gasteiger partial charge in [-0.3, -0.25) is 0 Å². The average molecular weight is 912 g/mol. The summed E-state index contributed by atoms with van der Waals surface area (Å²) >= 11 is 0.750. The van der Waals surface area contributed by atoms with Crippen LogP contribution >= 0.6 is 0 Å². The van der Waals surface area contributed by atoms with E-state index in [1.54, 1.807) is 18.2 Å². The minimum atomic E-state index is -5.00. The van der Waals surface area contributed by atoms with E-state index >= 15 is 0 Å². The summed E-state index contributed by atoms with van der Waals surface area (Å²) in [5, 5.41) is 0. The van der Waals surface area contributed by atoms with Crippen LogP contribution in [0.5, 0.6) is 0 Å². The molecule has 0 aliphatic rings. The molecule has 0 fully saturated rings. The average Bonchev–Trinajstić information content (AvgIpc) is 3.19. The number of nitrogens with two attached hydrogens (primary N) is 1. The predicted molar refractivity (Wildman–Crippen MR) is 231 cm³/mol. The first-order chi connectivity index (χ1) is 28.0. The number of anilines is 1. The van der Waals surface area contributed by atoms with Crippen LogP contribution < -0.4 is 5.73 Å². The number of sulfone groups is 1. The quantitative estimate of drug-likeness (QED) is 0.0333. The van der Waals surface area contributed by atoms with Gasteiger partial charge in [0.2, 0.25) is 9.84 Å². The number of unbranched alkanes of at least 4 members (excludes halogenated alkanes) is 18. The summed E-state index contributed by atoms with van der Waals surface area (Å²) < 4.78 is 104. The van der Waals surface area contributed by atoms with Crippen LogP contribution in [0.4, 0.5) is 5.69 Å². The molecule has 0 radical (unpaired) electrons. The minimum absolute atomic E-state index is 0.0883. The molecule has 0 bridgehead atoms. The van der Waals surface area contributed by atoms with Crippen molar-refractivity contribution in [3.8, 4) is 0 Å². The number of aryl methyl sites for hydroxylation is 2. The van der Waals surface area contributed by atoms with Gasteiger partial charge in [0.05, 0.1) is 19.6 Å². The fourth-order valence-electron chi connectivity index (χ4n) is 7.15. The molecule has 0 saturated heterocycles. The fourth-order valence-corrected chi connectivity index (χ4v) is 10.5. The molecule has 0 spiro atoms. The number of hydrogen-bond acceptors (Lipinski definition) is 10. The van der Waals surface area contributed by atoms with Crippen molar-refractivity contribution in [2.24, 2.45) is 0 Å². The van der Waals surface area contributed by atoms with Crippen LogP contribution in [0.2, 0.25) is 0 Å². The van der Waals surface area contributed by atoms with Gasteiger partial charge in [0.25, 0.3) is 0 Å². The van der Waals surface area contributed by atoms with Gasteiger partial charge in [-0.05, 0) is 90.8 Å². The van der Waals surface area contributed by atoms with Crippen molar-refractivity contribution in [2.75, 3.05) is 5.73 Å². The summed E-state index contributed by atoms with van der Waals surface area (Å²) in [6, 6.07) is 14.6. The maximum absolute atomic E-state index is 13.6. The molecular weight excluding hydrogens is 843 g/mol. The van der Waals surface area contributed by atoms with Crippen molar-refractivity contribution < 1.29 is 58.1 Å². The normalized spacial score (nSPS) is 11.8.